The van der Waals surface area contributed by atoms with Gasteiger partial charge in [0.05, 0.1) is 19.4 Å². The Kier molecular flexibility index (Phi) is 7.85. The zero-order chi connectivity index (χ0) is 14.2. The lowest BCUT2D eigenvalue weighted by molar-refractivity contribution is 0.288. The van der Waals surface area contributed by atoms with E-state index in [2.05, 4.69) is 23.2 Å². The molecule has 20 heavy (non-hydrogen) atoms. The molecule has 2 aliphatic carbocycles. The van der Waals surface area contributed by atoms with Gasteiger partial charge in [-0.25, -0.2) is 0 Å². The van der Waals surface area contributed by atoms with Gasteiger partial charge in [0.2, 0.25) is 0 Å². The van der Waals surface area contributed by atoms with Crippen molar-refractivity contribution in [3.05, 3.63) is 0 Å². The van der Waals surface area contributed by atoms with Gasteiger partial charge in [0.15, 0.2) is 0 Å². The topological polar surface area (TPSA) is 6.48 Å². The van der Waals surface area contributed by atoms with Gasteiger partial charge in [-0.1, -0.05) is 50.6 Å². The summed E-state index contributed by atoms with van der Waals surface area (Å²) in [5.41, 5.74) is 0. The Bertz CT molecular complexity index is 225. The van der Waals surface area contributed by atoms with Gasteiger partial charge >= 0.3 is 0 Å². The minimum atomic E-state index is 0.0609. The van der Waals surface area contributed by atoms with Crippen LogP contribution < -0.4 is 0 Å². The van der Waals surface area contributed by atoms with Crippen LogP contribution in [0.15, 0.2) is 0 Å². The van der Waals surface area contributed by atoms with Gasteiger partial charge in [0, 0.05) is 12.1 Å². The summed E-state index contributed by atoms with van der Waals surface area (Å²) in [5, 5.41) is 0. The summed E-state index contributed by atoms with van der Waals surface area (Å²) in [6.45, 7) is 0. The average Bonchev–Trinajstić information content (AvgIpc) is 2.53. The van der Waals surface area contributed by atoms with Crippen molar-refractivity contribution >= 4 is 19.4 Å². The molecule has 0 heterocycles. The third-order valence-electron chi connectivity index (χ3n) is 5.67. The quantitative estimate of drug-likeness (QED) is 0.526. The van der Waals surface area contributed by atoms with Crippen molar-refractivity contribution in [3.63, 3.8) is 0 Å². The molecule has 118 valence electrons. The van der Waals surface area contributed by atoms with Gasteiger partial charge in [-0.3, -0.25) is 0 Å². The molecule has 0 spiro atoms. The number of hydrogen-bond donors (Lipinski definition) is 0. The first-order chi connectivity index (χ1) is 9.77. The molecule has 2 nitrogen and oxygen atoms in total. The first-order valence-electron chi connectivity index (χ1n) is 9.18. The second kappa shape index (κ2) is 9.39. The second-order valence-corrected chi connectivity index (χ2v) is 11.6. The van der Waals surface area contributed by atoms with Crippen molar-refractivity contribution in [3.8, 4) is 0 Å². The second-order valence-electron chi connectivity index (χ2n) is 7.25. The van der Waals surface area contributed by atoms with Crippen LogP contribution in [-0.2, 0) is 0 Å². The van der Waals surface area contributed by atoms with Crippen molar-refractivity contribution in [1.29, 1.82) is 0 Å². The van der Waals surface area contributed by atoms with Gasteiger partial charge in [-0.2, -0.15) is 0 Å². The standard InChI is InChI=1S/C16H36N2Si2/c1-17(15-9-5-3-6-10-15)19-13-14-20-18(2)16-11-7-4-8-12-16/h15-16H,3-14,19-20H2,1-2H3. The molecular formula is C16H36N2Si2. The summed E-state index contributed by atoms with van der Waals surface area (Å²) in [4.78, 5) is 0. The van der Waals surface area contributed by atoms with Crippen molar-refractivity contribution < 1.29 is 0 Å². The van der Waals surface area contributed by atoms with E-state index in [9.17, 15) is 0 Å². The minimum Gasteiger partial charge on any atom is -0.329 e. The van der Waals surface area contributed by atoms with Gasteiger partial charge in [-0.05, 0) is 39.8 Å². The molecule has 2 fully saturated rings. The normalized spacial score (nSPS) is 24.0. The van der Waals surface area contributed by atoms with E-state index in [0.717, 1.165) is 12.1 Å². The first-order valence-corrected chi connectivity index (χ1v) is 12.4. The minimum absolute atomic E-state index is 0.0609. The lowest BCUT2D eigenvalue weighted by Gasteiger charge is -2.32. The van der Waals surface area contributed by atoms with Crippen LogP contribution in [0.1, 0.15) is 64.2 Å². The zero-order valence-corrected chi connectivity index (χ0v) is 16.8. The van der Waals surface area contributed by atoms with E-state index in [1.807, 2.05) is 0 Å². The third kappa shape index (κ3) is 5.62. The van der Waals surface area contributed by atoms with E-state index in [1.165, 1.54) is 64.2 Å². The van der Waals surface area contributed by atoms with E-state index in [4.69, 9.17) is 0 Å². The molecule has 0 bridgehead atoms. The van der Waals surface area contributed by atoms with E-state index >= 15 is 0 Å². The Balaban J connectivity index is 1.53. The lowest BCUT2D eigenvalue weighted by atomic mass is 9.96. The summed E-state index contributed by atoms with van der Waals surface area (Å²) in [6.07, 6.45) is 14.9. The van der Waals surface area contributed by atoms with E-state index in [0.29, 0.717) is 0 Å². The fourth-order valence-electron chi connectivity index (χ4n) is 4.13. The van der Waals surface area contributed by atoms with Gasteiger partial charge in [0.25, 0.3) is 0 Å². The molecule has 0 N–H and O–H groups in total. The fourth-order valence-corrected chi connectivity index (χ4v) is 8.38. The Morgan fingerprint density at radius 2 is 1.00 bits per heavy atom. The highest BCUT2D eigenvalue weighted by molar-refractivity contribution is 6.38. The SMILES string of the molecule is CN([SiH2]CC[SiH2]N(C)C1CCCCC1)C1CCCCC1. The molecule has 0 atom stereocenters. The molecule has 0 unspecified atom stereocenters. The zero-order valence-electron chi connectivity index (χ0n) is 13.9. The maximum Gasteiger partial charge on any atom is 0.0947 e. The summed E-state index contributed by atoms with van der Waals surface area (Å²) in [6, 6.07) is 5.09. The Hall–Kier alpha value is 0.354. The highest BCUT2D eigenvalue weighted by Gasteiger charge is 2.19. The van der Waals surface area contributed by atoms with Crippen LogP contribution in [0.25, 0.3) is 0 Å². The van der Waals surface area contributed by atoms with E-state index in [-0.39, 0.29) is 19.4 Å². The number of nitrogens with zero attached hydrogens (tertiary/aromatic N) is 2. The molecule has 0 aromatic rings. The van der Waals surface area contributed by atoms with E-state index < -0.39 is 0 Å². The van der Waals surface area contributed by atoms with Crippen LogP contribution >= 0.6 is 0 Å². The van der Waals surface area contributed by atoms with Gasteiger partial charge in [0.1, 0.15) is 0 Å². The molecule has 0 amide bonds. The predicted molar refractivity (Wildman–Crippen MR) is 96.0 cm³/mol. The Morgan fingerprint density at radius 3 is 1.35 bits per heavy atom. The number of hydrogen-bond acceptors (Lipinski definition) is 2. The monoisotopic (exact) mass is 312 g/mol. The summed E-state index contributed by atoms with van der Waals surface area (Å²) in [5.74, 6) is 0. The van der Waals surface area contributed by atoms with Gasteiger partial charge in [-0.15, -0.1) is 0 Å². The summed E-state index contributed by atoms with van der Waals surface area (Å²) in [7, 11) is 4.97. The first kappa shape index (κ1) is 16.7. The summed E-state index contributed by atoms with van der Waals surface area (Å²) >= 11 is 0. The predicted octanol–water partition coefficient (Wildman–Crippen LogP) is 2.52. The Labute approximate surface area is 131 Å². The largest absolute Gasteiger partial charge is 0.329 e. The number of rotatable bonds is 7. The molecule has 2 aliphatic rings. The van der Waals surface area contributed by atoms with Crippen LogP contribution in [0.4, 0.5) is 0 Å². The smallest absolute Gasteiger partial charge is 0.0947 e. The maximum absolute atomic E-state index is 2.80. The van der Waals surface area contributed by atoms with Crippen molar-refractivity contribution in [2.24, 2.45) is 0 Å². The molecular weight excluding hydrogens is 276 g/mol. The highest BCUT2D eigenvalue weighted by Crippen LogP contribution is 2.22. The molecule has 0 radical (unpaired) electrons. The molecule has 0 aromatic carbocycles. The summed E-state index contributed by atoms with van der Waals surface area (Å²) < 4.78 is 5.60. The molecule has 0 saturated heterocycles. The molecule has 4 heteroatoms. The van der Waals surface area contributed by atoms with Crippen molar-refractivity contribution in [2.45, 2.75) is 88.4 Å². The third-order valence-corrected chi connectivity index (χ3v) is 10.7. The molecule has 2 saturated carbocycles. The highest BCUT2D eigenvalue weighted by atomic mass is 28.2. The van der Waals surface area contributed by atoms with E-state index in [1.54, 1.807) is 12.1 Å². The van der Waals surface area contributed by atoms with Crippen molar-refractivity contribution in [2.75, 3.05) is 14.1 Å². The van der Waals surface area contributed by atoms with Crippen LogP contribution in [0.3, 0.4) is 0 Å². The Morgan fingerprint density at radius 1 is 0.650 bits per heavy atom. The fraction of sp³-hybridized carbons (Fsp3) is 1.00. The van der Waals surface area contributed by atoms with Crippen LogP contribution in [0, 0.1) is 0 Å². The van der Waals surface area contributed by atoms with Crippen LogP contribution in [0.5, 0.6) is 0 Å². The molecule has 0 aromatic heterocycles. The lowest BCUT2D eigenvalue weighted by Crippen LogP contribution is -2.38. The maximum atomic E-state index is 2.80. The molecule has 0 aliphatic heterocycles. The van der Waals surface area contributed by atoms with Crippen LogP contribution in [0.2, 0.25) is 12.1 Å². The van der Waals surface area contributed by atoms with Gasteiger partial charge < -0.3 is 9.13 Å². The van der Waals surface area contributed by atoms with Crippen LogP contribution in [-0.4, -0.2) is 54.7 Å². The molecule has 2 rings (SSSR count). The average molecular weight is 313 g/mol. The van der Waals surface area contributed by atoms with Crippen molar-refractivity contribution in [1.82, 2.24) is 9.13 Å².